The number of amides is 1. The third-order valence-corrected chi connectivity index (χ3v) is 6.21. The molecular weight excluding hydrogens is 471 g/mol. The van der Waals surface area contributed by atoms with E-state index < -0.39 is 29.5 Å². The van der Waals surface area contributed by atoms with Gasteiger partial charge in [-0.05, 0) is 60.2 Å². The third-order valence-electron chi connectivity index (χ3n) is 5.16. The maximum absolute atomic E-state index is 13.5. The van der Waals surface area contributed by atoms with E-state index in [1.165, 1.54) is 37.1 Å². The van der Waals surface area contributed by atoms with E-state index in [2.05, 4.69) is 4.99 Å². The van der Waals surface area contributed by atoms with E-state index in [9.17, 15) is 23.1 Å². The molecule has 0 aliphatic carbocycles. The summed E-state index contributed by atoms with van der Waals surface area (Å²) in [6, 6.07) is 9.26. The summed E-state index contributed by atoms with van der Waals surface area (Å²) >= 11 is 1.19. The number of β-amino-alcohol motifs (C(OH)–C–C–N with tert-alkyl or cyclic N) is 1. The van der Waals surface area contributed by atoms with Crippen molar-refractivity contribution in [2.24, 2.45) is 4.99 Å². The van der Waals surface area contributed by atoms with Gasteiger partial charge in [-0.15, -0.1) is 0 Å². The number of benzene rings is 2. The Morgan fingerprint density at radius 3 is 2.65 bits per heavy atom. The van der Waals surface area contributed by atoms with E-state index in [1.807, 2.05) is 4.90 Å². The van der Waals surface area contributed by atoms with E-state index in [0.29, 0.717) is 35.1 Å². The molecule has 1 fully saturated rings. The fraction of sp³-hybridized carbons (Fsp3) is 0.261. The number of thioether (sulfide) groups is 1. The number of carbonyl (C=O) groups excluding carboxylic acids is 1. The average Bonchev–Trinajstić information content (AvgIpc) is 3.39. The Morgan fingerprint density at radius 1 is 1.24 bits per heavy atom. The molecule has 1 N–H and O–H groups in total. The molecule has 2 aliphatic rings. The first-order chi connectivity index (χ1) is 16.2. The number of aliphatic imine (C=N–C) groups is 1. The summed E-state index contributed by atoms with van der Waals surface area (Å²) in [6.07, 6.45) is -2.95. The predicted molar refractivity (Wildman–Crippen MR) is 119 cm³/mol. The Morgan fingerprint density at radius 2 is 2.00 bits per heavy atom. The first-order valence-corrected chi connectivity index (χ1v) is 10.9. The number of amidine groups is 1. The minimum atomic E-state index is -4.72. The van der Waals surface area contributed by atoms with E-state index >= 15 is 0 Å². The Kier molecular flexibility index (Phi) is 6.54. The number of hydrogen-bond donors (Lipinski definition) is 1. The van der Waals surface area contributed by atoms with Gasteiger partial charge in [-0.3, -0.25) is 4.79 Å². The molecule has 1 saturated heterocycles. The first kappa shape index (κ1) is 23.7. The minimum Gasteiger partial charge on any atom is -0.493 e. The predicted octanol–water partition coefficient (Wildman–Crippen LogP) is 4.41. The lowest BCUT2D eigenvalue weighted by molar-refractivity contribution is -0.138. The zero-order valence-electron chi connectivity index (χ0n) is 17.8. The highest BCUT2D eigenvalue weighted by atomic mass is 32.2. The van der Waals surface area contributed by atoms with Crippen LogP contribution in [0.15, 0.2) is 46.3 Å². The van der Waals surface area contributed by atoms with Crippen LogP contribution in [0.25, 0.3) is 6.08 Å². The average molecular weight is 489 g/mol. The maximum Gasteiger partial charge on any atom is 0.420 e. The molecule has 0 bridgehead atoms. The fourth-order valence-corrected chi connectivity index (χ4v) is 4.44. The van der Waals surface area contributed by atoms with Crippen LogP contribution in [-0.4, -0.2) is 47.4 Å². The van der Waals surface area contributed by atoms with E-state index in [-0.39, 0.29) is 17.1 Å². The lowest BCUT2D eigenvalue weighted by Gasteiger charge is -2.16. The number of rotatable bonds is 4. The summed E-state index contributed by atoms with van der Waals surface area (Å²) in [6.45, 7) is 1.03. The molecule has 4 rings (SSSR count). The van der Waals surface area contributed by atoms with Crippen LogP contribution in [0, 0.1) is 11.3 Å². The quantitative estimate of drug-likeness (QED) is 0.636. The van der Waals surface area contributed by atoms with Crippen LogP contribution < -0.4 is 9.47 Å². The van der Waals surface area contributed by atoms with Crippen molar-refractivity contribution in [3.05, 3.63) is 58.0 Å². The Balaban J connectivity index is 1.57. The van der Waals surface area contributed by atoms with Gasteiger partial charge in [0.15, 0.2) is 16.7 Å². The number of nitrogens with zero attached hydrogens (tertiary/aromatic N) is 3. The second-order valence-electron chi connectivity index (χ2n) is 7.53. The van der Waals surface area contributed by atoms with Gasteiger partial charge in [0.25, 0.3) is 5.91 Å². The van der Waals surface area contributed by atoms with Gasteiger partial charge in [0.05, 0.1) is 35.3 Å². The van der Waals surface area contributed by atoms with E-state index in [4.69, 9.17) is 14.7 Å². The van der Waals surface area contributed by atoms with Gasteiger partial charge in [0.1, 0.15) is 5.75 Å². The van der Waals surface area contributed by atoms with Gasteiger partial charge in [-0.2, -0.15) is 23.4 Å². The van der Waals surface area contributed by atoms with Gasteiger partial charge >= 0.3 is 6.18 Å². The number of aliphatic hydroxyl groups is 1. The number of likely N-dealkylation sites (tertiary alicyclic amines) is 1. The van der Waals surface area contributed by atoms with Crippen LogP contribution in [0.4, 0.5) is 13.2 Å². The molecule has 0 spiro atoms. The smallest absolute Gasteiger partial charge is 0.420 e. The van der Waals surface area contributed by atoms with Crippen LogP contribution in [0.3, 0.4) is 0 Å². The normalized spacial score (nSPS) is 19.4. The SMILES string of the molecule is COc1cc(/C=C2\SC(N3CCC(O)C3)=NC2=O)ccc1Oc1ccc(C#N)cc1C(F)(F)F. The van der Waals surface area contributed by atoms with Crippen molar-refractivity contribution in [3.63, 3.8) is 0 Å². The van der Waals surface area contributed by atoms with Crippen LogP contribution in [-0.2, 0) is 11.0 Å². The summed E-state index contributed by atoms with van der Waals surface area (Å²) in [4.78, 5) is 18.6. The molecule has 176 valence electrons. The van der Waals surface area contributed by atoms with Gasteiger partial charge in [0, 0.05) is 13.1 Å². The monoisotopic (exact) mass is 489 g/mol. The molecule has 0 radical (unpaired) electrons. The topological polar surface area (TPSA) is 95.2 Å². The highest BCUT2D eigenvalue weighted by Crippen LogP contribution is 2.41. The van der Waals surface area contributed by atoms with Crippen LogP contribution in [0.1, 0.15) is 23.1 Å². The Hall–Kier alpha value is -3.49. The fourth-order valence-electron chi connectivity index (χ4n) is 3.49. The largest absolute Gasteiger partial charge is 0.493 e. The number of nitriles is 1. The summed E-state index contributed by atoms with van der Waals surface area (Å²) in [7, 11) is 1.35. The zero-order valence-corrected chi connectivity index (χ0v) is 18.6. The van der Waals surface area contributed by atoms with E-state index in [0.717, 1.165) is 12.1 Å². The summed E-state index contributed by atoms with van der Waals surface area (Å²) in [5, 5.41) is 19.1. The number of alkyl halides is 3. The van der Waals surface area contributed by atoms with Crippen molar-refractivity contribution >= 4 is 28.9 Å². The van der Waals surface area contributed by atoms with Crippen molar-refractivity contribution in [2.45, 2.75) is 18.7 Å². The number of halogens is 3. The van der Waals surface area contributed by atoms with Gasteiger partial charge in [0.2, 0.25) is 0 Å². The van der Waals surface area contributed by atoms with Crippen molar-refractivity contribution in [3.8, 4) is 23.3 Å². The molecule has 7 nitrogen and oxygen atoms in total. The number of aliphatic hydroxyl groups excluding tert-OH is 1. The molecule has 2 aromatic carbocycles. The summed E-state index contributed by atoms with van der Waals surface area (Å²) < 4.78 is 51.1. The minimum absolute atomic E-state index is 0.0354. The highest BCUT2D eigenvalue weighted by molar-refractivity contribution is 8.18. The number of hydrogen-bond acceptors (Lipinski definition) is 7. The van der Waals surface area contributed by atoms with Gasteiger partial charge in [-0.1, -0.05) is 6.07 Å². The Labute approximate surface area is 197 Å². The molecule has 1 amide bonds. The molecular formula is C23H18F3N3O4S. The first-order valence-electron chi connectivity index (χ1n) is 10.1. The standard InChI is InChI=1S/C23H18F3N3O4S/c1-32-19-9-13(10-20-21(31)28-22(34-20)29-7-6-15(30)12-29)2-5-18(19)33-17-4-3-14(11-27)8-16(17)23(24,25)26/h2-5,8-10,15,30H,6-7,12H2,1H3/b20-10-. The number of methoxy groups -OCH3 is 1. The second kappa shape index (κ2) is 9.40. The van der Waals surface area contributed by atoms with Gasteiger partial charge in [-0.25, -0.2) is 0 Å². The molecule has 2 heterocycles. The second-order valence-corrected chi connectivity index (χ2v) is 8.54. The van der Waals surface area contributed by atoms with Crippen LogP contribution in [0.2, 0.25) is 0 Å². The highest BCUT2D eigenvalue weighted by Gasteiger charge is 2.35. The third kappa shape index (κ3) is 5.03. The molecule has 11 heteroatoms. The van der Waals surface area contributed by atoms with E-state index in [1.54, 1.807) is 18.2 Å². The summed E-state index contributed by atoms with van der Waals surface area (Å²) in [5.74, 6) is -0.685. The molecule has 1 unspecified atom stereocenters. The lowest BCUT2D eigenvalue weighted by atomic mass is 10.1. The van der Waals surface area contributed by atoms with Gasteiger partial charge < -0.3 is 19.5 Å². The molecule has 1 atom stereocenters. The summed E-state index contributed by atoms with van der Waals surface area (Å²) in [5.41, 5.74) is -0.657. The Bertz CT molecular complexity index is 1240. The molecule has 2 aliphatic heterocycles. The zero-order chi connectivity index (χ0) is 24.5. The van der Waals surface area contributed by atoms with Crippen molar-refractivity contribution in [1.82, 2.24) is 4.90 Å². The van der Waals surface area contributed by atoms with Crippen molar-refractivity contribution < 1.29 is 32.5 Å². The van der Waals surface area contributed by atoms with Crippen LogP contribution >= 0.6 is 11.8 Å². The molecule has 2 aromatic rings. The maximum atomic E-state index is 13.5. The van der Waals surface area contributed by atoms with Crippen molar-refractivity contribution in [1.29, 1.82) is 5.26 Å². The number of carbonyl (C=O) groups is 1. The molecule has 34 heavy (non-hydrogen) atoms. The lowest BCUT2D eigenvalue weighted by Crippen LogP contribution is -2.26. The molecule has 0 saturated carbocycles. The number of ether oxygens (including phenoxy) is 2. The van der Waals surface area contributed by atoms with Crippen LogP contribution in [0.5, 0.6) is 17.2 Å². The van der Waals surface area contributed by atoms with Crippen molar-refractivity contribution in [2.75, 3.05) is 20.2 Å². The molecule has 0 aromatic heterocycles.